The van der Waals surface area contributed by atoms with Crippen LogP contribution in [0.2, 0.25) is 0 Å². The molecule has 0 aromatic carbocycles. The summed E-state index contributed by atoms with van der Waals surface area (Å²) in [7, 11) is 2.57. The van der Waals surface area contributed by atoms with Crippen molar-refractivity contribution in [1.29, 1.82) is 0 Å². The number of nitrogens with zero attached hydrogens (tertiary/aromatic N) is 1. The van der Waals surface area contributed by atoms with Crippen LogP contribution in [0.25, 0.3) is 0 Å². The number of carbonyl (C=O) groups is 1. The van der Waals surface area contributed by atoms with Gasteiger partial charge in [0.1, 0.15) is 11.3 Å². The van der Waals surface area contributed by atoms with Crippen molar-refractivity contribution >= 4 is 5.97 Å². The molecule has 0 bridgehead atoms. The molecule has 0 aliphatic carbocycles. The zero-order valence-corrected chi connectivity index (χ0v) is 7.20. The van der Waals surface area contributed by atoms with Crippen molar-refractivity contribution in [1.82, 2.24) is 4.98 Å². The lowest BCUT2D eigenvalue weighted by molar-refractivity contribution is 0.0594. The van der Waals surface area contributed by atoms with Crippen LogP contribution in [0.1, 0.15) is 10.4 Å². The van der Waals surface area contributed by atoms with Crippen molar-refractivity contribution < 1.29 is 18.7 Å². The fraction of sp³-hybridized carbons (Fsp3) is 0.250. The molecule has 0 N–H and O–H groups in total. The second-order valence-corrected chi connectivity index (χ2v) is 2.21. The largest absolute Gasteiger partial charge is 0.495 e. The van der Waals surface area contributed by atoms with Crippen LogP contribution >= 0.6 is 0 Å². The lowest BCUT2D eigenvalue weighted by Gasteiger charge is -2.02. The zero-order valence-electron chi connectivity index (χ0n) is 7.20. The van der Waals surface area contributed by atoms with Crippen LogP contribution in [0.15, 0.2) is 12.3 Å². The number of hydrogen-bond acceptors (Lipinski definition) is 4. The lowest BCUT2D eigenvalue weighted by Crippen LogP contribution is -2.06. The summed E-state index contributed by atoms with van der Waals surface area (Å²) in [5, 5.41) is 0. The van der Waals surface area contributed by atoms with E-state index in [1.54, 1.807) is 0 Å². The van der Waals surface area contributed by atoms with E-state index >= 15 is 0 Å². The van der Waals surface area contributed by atoms with E-state index in [0.29, 0.717) is 5.75 Å². The van der Waals surface area contributed by atoms with E-state index in [4.69, 9.17) is 4.74 Å². The summed E-state index contributed by atoms with van der Waals surface area (Å²) < 4.78 is 22.0. The first-order valence-corrected chi connectivity index (χ1v) is 3.47. The van der Waals surface area contributed by atoms with Gasteiger partial charge in [-0.1, -0.05) is 0 Å². The molecule has 13 heavy (non-hydrogen) atoms. The van der Waals surface area contributed by atoms with Crippen molar-refractivity contribution in [3.05, 3.63) is 23.8 Å². The maximum absolute atomic E-state index is 12.9. The standard InChI is InChI=1S/C8H8FNO3/c1-12-5-3-6(8(11)13-2)7(9)10-4-5/h3-4H,1-2H3. The summed E-state index contributed by atoms with van der Waals surface area (Å²) in [5.41, 5.74) is -0.234. The van der Waals surface area contributed by atoms with Crippen LogP contribution < -0.4 is 4.74 Å². The molecule has 1 rings (SSSR count). The highest BCUT2D eigenvalue weighted by Crippen LogP contribution is 2.14. The fourth-order valence-corrected chi connectivity index (χ4v) is 0.794. The quantitative estimate of drug-likeness (QED) is 0.509. The van der Waals surface area contributed by atoms with E-state index in [-0.39, 0.29) is 5.56 Å². The van der Waals surface area contributed by atoms with Gasteiger partial charge in [-0.3, -0.25) is 0 Å². The minimum atomic E-state index is -0.868. The van der Waals surface area contributed by atoms with E-state index in [1.807, 2.05) is 0 Å². The first kappa shape index (κ1) is 9.44. The van der Waals surface area contributed by atoms with Crippen LogP contribution in [0, 0.1) is 5.95 Å². The Hall–Kier alpha value is -1.65. The number of rotatable bonds is 2. The minimum Gasteiger partial charge on any atom is -0.495 e. The monoisotopic (exact) mass is 185 g/mol. The second kappa shape index (κ2) is 3.84. The molecule has 0 fully saturated rings. The van der Waals surface area contributed by atoms with Gasteiger partial charge in [0.15, 0.2) is 0 Å². The Kier molecular flexibility index (Phi) is 2.79. The van der Waals surface area contributed by atoms with Gasteiger partial charge in [-0.2, -0.15) is 4.39 Å². The van der Waals surface area contributed by atoms with Gasteiger partial charge in [-0.05, 0) is 0 Å². The van der Waals surface area contributed by atoms with Gasteiger partial charge in [0, 0.05) is 6.07 Å². The Morgan fingerprint density at radius 2 is 2.23 bits per heavy atom. The molecular weight excluding hydrogens is 177 g/mol. The number of aromatic nitrogens is 1. The molecule has 0 atom stereocenters. The first-order valence-electron chi connectivity index (χ1n) is 3.47. The predicted octanol–water partition coefficient (Wildman–Crippen LogP) is 1.02. The molecular formula is C8H8FNO3. The Morgan fingerprint density at radius 3 is 2.77 bits per heavy atom. The average molecular weight is 185 g/mol. The van der Waals surface area contributed by atoms with Crippen LogP contribution in [0.3, 0.4) is 0 Å². The van der Waals surface area contributed by atoms with Gasteiger partial charge < -0.3 is 9.47 Å². The number of pyridine rings is 1. The second-order valence-electron chi connectivity index (χ2n) is 2.21. The van der Waals surface area contributed by atoms with Gasteiger partial charge in [0.25, 0.3) is 0 Å². The lowest BCUT2D eigenvalue weighted by atomic mass is 10.3. The van der Waals surface area contributed by atoms with Gasteiger partial charge >= 0.3 is 5.97 Å². The summed E-state index contributed by atoms with van der Waals surface area (Å²) in [6.07, 6.45) is 1.18. The van der Waals surface area contributed by atoms with Crippen molar-refractivity contribution in [2.45, 2.75) is 0 Å². The van der Waals surface area contributed by atoms with E-state index in [1.165, 1.54) is 26.5 Å². The third-order valence-corrected chi connectivity index (χ3v) is 1.45. The Labute approximate surface area is 74.3 Å². The van der Waals surface area contributed by atoms with Crippen LogP contribution in [-0.2, 0) is 4.74 Å². The summed E-state index contributed by atoms with van der Waals surface area (Å²) in [4.78, 5) is 14.3. The molecule has 70 valence electrons. The molecule has 4 nitrogen and oxygen atoms in total. The molecule has 0 spiro atoms. The molecule has 0 saturated carbocycles. The van der Waals surface area contributed by atoms with Gasteiger partial charge in [0.2, 0.25) is 5.95 Å². The van der Waals surface area contributed by atoms with E-state index < -0.39 is 11.9 Å². The SMILES string of the molecule is COC(=O)c1cc(OC)cnc1F. The average Bonchev–Trinajstić information content (AvgIpc) is 2.17. The fourth-order valence-electron chi connectivity index (χ4n) is 0.794. The molecule has 0 amide bonds. The van der Waals surface area contributed by atoms with Gasteiger partial charge in [-0.15, -0.1) is 0 Å². The van der Waals surface area contributed by atoms with Crippen molar-refractivity contribution in [3.63, 3.8) is 0 Å². The molecule has 0 aliphatic rings. The van der Waals surface area contributed by atoms with Gasteiger partial charge in [0.05, 0.1) is 20.4 Å². The molecule has 0 radical (unpaired) electrons. The number of esters is 1. The predicted molar refractivity (Wildman–Crippen MR) is 42.1 cm³/mol. The third-order valence-electron chi connectivity index (χ3n) is 1.45. The van der Waals surface area contributed by atoms with Crippen LogP contribution in [0.4, 0.5) is 4.39 Å². The highest BCUT2D eigenvalue weighted by Gasteiger charge is 2.13. The highest BCUT2D eigenvalue weighted by atomic mass is 19.1. The maximum atomic E-state index is 12.9. The van der Waals surface area contributed by atoms with Crippen molar-refractivity contribution in [3.8, 4) is 5.75 Å². The van der Waals surface area contributed by atoms with Gasteiger partial charge in [-0.25, -0.2) is 9.78 Å². The number of carbonyl (C=O) groups excluding carboxylic acids is 1. The Balaban J connectivity index is 3.11. The number of methoxy groups -OCH3 is 2. The topological polar surface area (TPSA) is 48.4 Å². The molecule has 0 unspecified atom stereocenters. The number of ether oxygens (including phenoxy) is 2. The molecule has 1 heterocycles. The maximum Gasteiger partial charge on any atom is 0.342 e. The summed E-state index contributed by atoms with van der Waals surface area (Å²) in [6, 6.07) is 1.23. The molecule has 5 heteroatoms. The summed E-state index contributed by atoms with van der Waals surface area (Å²) in [6.45, 7) is 0. The summed E-state index contributed by atoms with van der Waals surface area (Å²) in [5.74, 6) is -1.33. The van der Waals surface area contributed by atoms with Crippen LogP contribution in [0.5, 0.6) is 5.75 Å². The van der Waals surface area contributed by atoms with Crippen molar-refractivity contribution in [2.24, 2.45) is 0 Å². The first-order chi connectivity index (χ1) is 6.19. The molecule has 1 aromatic heterocycles. The van der Waals surface area contributed by atoms with Crippen molar-refractivity contribution in [2.75, 3.05) is 14.2 Å². The van der Waals surface area contributed by atoms with E-state index in [9.17, 15) is 9.18 Å². The van der Waals surface area contributed by atoms with Crippen LogP contribution in [-0.4, -0.2) is 25.2 Å². The molecule has 1 aromatic rings. The smallest absolute Gasteiger partial charge is 0.342 e. The third kappa shape index (κ3) is 1.93. The number of hydrogen-bond donors (Lipinski definition) is 0. The Bertz CT molecular complexity index is 327. The molecule has 0 saturated heterocycles. The minimum absolute atomic E-state index is 0.234. The number of halogens is 1. The van der Waals surface area contributed by atoms with E-state index in [2.05, 4.69) is 9.72 Å². The van der Waals surface area contributed by atoms with E-state index in [0.717, 1.165) is 0 Å². The normalized spacial score (nSPS) is 9.46. The Morgan fingerprint density at radius 1 is 1.54 bits per heavy atom. The highest BCUT2D eigenvalue weighted by molar-refractivity contribution is 5.89. The zero-order chi connectivity index (χ0) is 9.84. The summed E-state index contributed by atoms with van der Waals surface area (Å²) >= 11 is 0. The molecule has 0 aliphatic heterocycles.